The molecule has 3 atom stereocenters. The topological polar surface area (TPSA) is 200 Å². The molecule has 14 nitrogen and oxygen atoms in total. The van der Waals surface area contributed by atoms with Gasteiger partial charge in [0.15, 0.2) is 0 Å². The van der Waals surface area contributed by atoms with E-state index in [1.807, 2.05) is 0 Å². The molecule has 1 heterocycles. The molecule has 1 aliphatic heterocycles. The predicted molar refractivity (Wildman–Crippen MR) is 135 cm³/mol. The maximum atomic E-state index is 13.2. The van der Waals surface area contributed by atoms with Crippen molar-refractivity contribution in [2.45, 2.75) is 31.2 Å². The molecule has 0 aliphatic carbocycles. The van der Waals surface area contributed by atoms with Gasteiger partial charge in [0, 0.05) is 7.05 Å². The van der Waals surface area contributed by atoms with Crippen LogP contribution in [0.15, 0.2) is 60.7 Å². The number of carbonyl (C=O) groups is 5. The van der Waals surface area contributed by atoms with Crippen LogP contribution >= 0.6 is 0 Å². The Balaban J connectivity index is 1.72. The predicted octanol–water partition coefficient (Wildman–Crippen LogP) is -0.595. The Kier molecular flexibility index (Phi) is 9.57. The number of carbonyl (C=O) groups excluding carboxylic acids is 5. The Hall–Kier alpha value is -4.50. The van der Waals surface area contributed by atoms with E-state index in [0.29, 0.717) is 11.1 Å². The number of amides is 5. The first kappa shape index (κ1) is 29.1. The number of alkyl carbamates (subject to hydrolysis) is 1. The van der Waals surface area contributed by atoms with Crippen molar-refractivity contribution in [1.82, 2.24) is 25.6 Å². The number of nitrogens with one attached hydrogen (secondary N) is 4. The molecule has 3 rings (SSSR count). The molecule has 15 heteroatoms. The number of benzene rings is 2. The van der Waals surface area contributed by atoms with E-state index in [9.17, 15) is 32.4 Å². The maximum absolute atomic E-state index is 13.2. The van der Waals surface area contributed by atoms with Gasteiger partial charge in [-0.15, -0.1) is 0 Å². The summed E-state index contributed by atoms with van der Waals surface area (Å²) in [7, 11) is -3.42. The monoisotopic (exact) mass is 561 g/mol. The highest BCUT2D eigenvalue weighted by atomic mass is 32.2. The molecule has 39 heavy (non-hydrogen) atoms. The standard InChI is InChI=1S/C24H27N5O9S/c1-25-19(30)12-17(27-24(34)38-14-15-8-4-2-5-9-15)21(31)28-20(16-10-6-3-7-11-16)22(32)26-18-13-29(23(18)33)39(35,36)37/h2-11,17-18,20H,12-14H2,1H3,(H,25,30)(H,26,32)(H,27,34)(H,28,31)(H,35,36,37). The smallest absolute Gasteiger partial charge is 0.408 e. The highest BCUT2D eigenvalue weighted by Crippen LogP contribution is 2.18. The number of rotatable bonds is 11. The SMILES string of the molecule is CNC(=O)CC(NC(=O)OCc1ccccc1)C(=O)NC(C(=O)NC1CN(S(=O)(=O)O)C1=O)c1ccccc1. The van der Waals surface area contributed by atoms with Gasteiger partial charge in [0.05, 0.1) is 13.0 Å². The Morgan fingerprint density at radius 3 is 2.18 bits per heavy atom. The minimum Gasteiger partial charge on any atom is -0.445 e. The van der Waals surface area contributed by atoms with Crippen LogP contribution in [0, 0.1) is 0 Å². The number of ether oxygens (including phenoxy) is 1. The molecule has 0 saturated carbocycles. The normalized spacial score (nSPS) is 16.2. The van der Waals surface area contributed by atoms with E-state index in [4.69, 9.17) is 9.29 Å². The molecule has 1 fully saturated rings. The van der Waals surface area contributed by atoms with Crippen LogP contribution in [-0.2, 0) is 40.8 Å². The van der Waals surface area contributed by atoms with Crippen LogP contribution in [0.1, 0.15) is 23.6 Å². The molecule has 1 aliphatic rings. The Bertz CT molecular complexity index is 1320. The zero-order valence-electron chi connectivity index (χ0n) is 20.7. The van der Waals surface area contributed by atoms with E-state index in [-0.39, 0.29) is 10.9 Å². The van der Waals surface area contributed by atoms with Crippen molar-refractivity contribution in [3.05, 3.63) is 71.8 Å². The van der Waals surface area contributed by atoms with Gasteiger partial charge in [-0.3, -0.25) is 23.7 Å². The molecule has 0 bridgehead atoms. The molecule has 0 spiro atoms. The van der Waals surface area contributed by atoms with Gasteiger partial charge in [-0.05, 0) is 11.1 Å². The summed E-state index contributed by atoms with van der Waals surface area (Å²) in [5, 5.41) is 9.46. The first-order valence-electron chi connectivity index (χ1n) is 11.6. The second-order valence-electron chi connectivity index (χ2n) is 8.40. The van der Waals surface area contributed by atoms with Crippen LogP contribution in [0.2, 0.25) is 0 Å². The molecule has 0 aromatic heterocycles. The van der Waals surface area contributed by atoms with Gasteiger partial charge in [-0.25, -0.2) is 9.10 Å². The molecule has 1 saturated heterocycles. The van der Waals surface area contributed by atoms with Gasteiger partial charge in [-0.2, -0.15) is 8.42 Å². The summed E-state index contributed by atoms with van der Waals surface area (Å²) < 4.78 is 36.7. The van der Waals surface area contributed by atoms with Crippen molar-refractivity contribution in [1.29, 1.82) is 0 Å². The van der Waals surface area contributed by atoms with E-state index in [1.54, 1.807) is 48.5 Å². The van der Waals surface area contributed by atoms with E-state index in [0.717, 1.165) is 0 Å². The third-order valence-corrected chi connectivity index (χ3v) is 6.54. The zero-order chi connectivity index (χ0) is 28.6. The van der Waals surface area contributed by atoms with Crippen LogP contribution in [0.3, 0.4) is 0 Å². The summed E-state index contributed by atoms with van der Waals surface area (Å²) in [6.45, 7) is -0.584. The van der Waals surface area contributed by atoms with Gasteiger partial charge in [0.1, 0.15) is 24.7 Å². The largest absolute Gasteiger partial charge is 0.445 e. The van der Waals surface area contributed by atoms with Crippen LogP contribution in [-0.4, -0.2) is 72.7 Å². The Labute approximate surface area is 224 Å². The number of hydrogen-bond donors (Lipinski definition) is 5. The fourth-order valence-electron chi connectivity index (χ4n) is 3.56. The lowest BCUT2D eigenvalue weighted by Crippen LogP contribution is -2.66. The molecule has 208 valence electrons. The van der Waals surface area contributed by atoms with Crippen molar-refractivity contribution in [3.8, 4) is 0 Å². The quantitative estimate of drug-likeness (QED) is 0.176. The lowest BCUT2D eigenvalue weighted by molar-refractivity contribution is -0.141. The first-order valence-corrected chi connectivity index (χ1v) is 13.0. The molecule has 0 radical (unpaired) electrons. The van der Waals surface area contributed by atoms with Crippen molar-refractivity contribution in [2.75, 3.05) is 13.6 Å². The number of nitrogens with zero attached hydrogens (tertiary/aromatic N) is 1. The second kappa shape index (κ2) is 12.8. The number of hydrogen-bond acceptors (Lipinski definition) is 8. The molecule has 5 N–H and O–H groups in total. The molecule has 2 aromatic carbocycles. The summed E-state index contributed by atoms with van der Waals surface area (Å²) in [5.74, 6) is -3.40. The van der Waals surface area contributed by atoms with Gasteiger partial charge in [0.2, 0.25) is 17.7 Å². The maximum Gasteiger partial charge on any atom is 0.408 e. The summed E-state index contributed by atoms with van der Waals surface area (Å²) >= 11 is 0. The van der Waals surface area contributed by atoms with E-state index in [2.05, 4.69) is 21.3 Å². The second-order valence-corrected chi connectivity index (χ2v) is 9.73. The number of β-lactam (4-membered cyclic amide) rings is 1. The molecule has 5 amide bonds. The Morgan fingerprint density at radius 2 is 1.62 bits per heavy atom. The average molecular weight is 562 g/mol. The first-order chi connectivity index (χ1) is 18.5. The third kappa shape index (κ3) is 7.99. The lowest BCUT2D eigenvalue weighted by atomic mass is 10.0. The van der Waals surface area contributed by atoms with Crippen molar-refractivity contribution < 1.29 is 41.7 Å². The van der Waals surface area contributed by atoms with Gasteiger partial charge in [0.25, 0.3) is 5.91 Å². The van der Waals surface area contributed by atoms with E-state index >= 15 is 0 Å². The van der Waals surface area contributed by atoms with Crippen LogP contribution < -0.4 is 21.3 Å². The third-order valence-electron chi connectivity index (χ3n) is 5.66. The van der Waals surface area contributed by atoms with Crippen molar-refractivity contribution >= 4 is 40.0 Å². The highest BCUT2D eigenvalue weighted by molar-refractivity contribution is 7.84. The lowest BCUT2D eigenvalue weighted by Gasteiger charge is -2.36. The summed E-state index contributed by atoms with van der Waals surface area (Å²) in [4.78, 5) is 62.7. The summed E-state index contributed by atoms with van der Waals surface area (Å²) in [6.07, 6.45) is -1.45. The minimum atomic E-state index is -4.76. The van der Waals surface area contributed by atoms with Crippen LogP contribution in [0.25, 0.3) is 0 Å². The van der Waals surface area contributed by atoms with E-state index < -0.39 is 71.1 Å². The molecule has 3 unspecified atom stereocenters. The highest BCUT2D eigenvalue weighted by Gasteiger charge is 2.45. The van der Waals surface area contributed by atoms with Gasteiger partial charge >= 0.3 is 16.4 Å². The summed E-state index contributed by atoms with van der Waals surface area (Å²) in [5.41, 5.74) is 0.992. The summed E-state index contributed by atoms with van der Waals surface area (Å²) in [6, 6.07) is 12.6. The molecular weight excluding hydrogens is 534 g/mol. The minimum absolute atomic E-state index is 0.0912. The van der Waals surface area contributed by atoms with Gasteiger partial charge < -0.3 is 26.0 Å². The average Bonchev–Trinajstić information content (AvgIpc) is 2.91. The fraction of sp³-hybridized carbons (Fsp3) is 0.292. The fourth-order valence-corrected chi connectivity index (χ4v) is 4.25. The van der Waals surface area contributed by atoms with Crippen molar-refractivity contribution in [3.63, 3.8) is 0 Å². The van der Waals surface area contributed by atoms with Gasteiger partial charge in [-0.1, -0.05) is 60.7 Å². The van der Waals surface area contributed by atoms with Crippen molar-refractivity contribution in [2.24, 2.45) is 0 Å². The zero-order valence-corrected chi connectivity index (χ0v) is 21.5. The van der Waals surface area contributed by atoms with Crippen LogP contribution in [0.4, 0.5) is 4.79 Å². The van der Waals surface area contributed by atoms with E-state index in [1.165, 1.54) is 19.2 Å². The molecule has 2 aromatic rings. The molecular formula is C24H27N5O9S. The Morgan fingerprint density at radius 1 is 1.00 bits per heavy atom. The van der Waals surface area contributed by atoms with Crippen LogP contribution in [0.5, 0.6) is 0 Å².